The van der Waals surface area contributed by atoms with Crippen molar-refractivity contribution in [1.29, 1.82) is 0 Å². The second kappa shape index (κ2) is 8.67. The van der Waals surface area contributed by atoms with Crippen molar-refractivity contribution in [3.8, 4) is 11.1 Å². The molecule has 0 aliphatic carbocycles. The number of amidine groups is 1. The molecule has 0 aliphatic rings. The van der Waals surface area contributed by atoms with E-state index in [1.165, 1.54) is 6.33 Å². The van der Waals surface area contributed by atoms with Crippen LogP contribution in [0.4, 0.5) is 0 Å². The van der Waals surface area contributed by atoms with Gasteiger partial charge in [0, 0.05) is 22.8 Å². The molecule has 0 aromatic carbocycles. The van der Waals surface area contributed by atoms with Crippen LogP contribution in [0.2, 0.25) is 0 Å². The van der Waals surface area contributed by atoms with Gasteiger partial charge in [0.1, 0.15) is 11.9 Å². The number of aliphatic imine (C=N–C) groups is 1. The molecule has 2 N–H and O–H groups in total. The van der Waals surface area contributed by atoms with Gasteiger partial charge in [-0.1, -0.05) is 12.2 Å². The third-order valence-electron chi connectivity index (χ3n) is 4.16. The quantitative estimate of drug-likeness (QED) is 0.329. The van der Waals surface area contributed by atoms with Crippen LogP contribution in [0.5, 0.6) is 0 Å². The Kier molecular flexibility index (Phi) is 6.58. The molecular weight excluding hydrogens is 344 g/mol. The zero-order valence-corrected chi connectivity index (χ0v) is 16.2. The van der Waals surface area contributed by atoms with E-state index >= 15 is 0 Å². The molecular formula is C20H24N4OS. The number of allylic oxidation sites excluding steroid dienone is 3. The second-order valence-electron chi connectivity index (χ2n) is 6.21. The molecule has 2 atom stereocenters. The van der Waals surface area contributed by atoms with E-state index in [9.17, 15) is 4.79 Å². The lowest BCUT2D eigenvalue weighted by Gasteiger charge is -2.32. The largest absolute Gasteiger partial charge is 0.388 e. The lowest BCUT2D eigenvalue weighted by Crippen LogP contribution is -2.36. The van der Waals surface area contributed by atoms with Crippen LogP contribution < -0.4 is 5.73 Å². The molecule has 0 bridgehead atoms. The Balaban J connectivity index is 2.55. The molecule has 2 rings (SSSR count). The Morgan fingerprint density at radius 2 is 2.12 bits per heavy atom. The fraction of sp³-hybridized carbons (Fsp3) is 0.300. The molecule has 26 heavy (non-hydrogen) atoms. The molecule has 0 saturated heterocycles. The van der Waals surface area contributed by atoms with E-state index in [1.807, 2.05) is 25.3 Å². The van der Waals surface area contributed by atoms with E-state index in [2.05, 4.69) is 21.5 Å². The Morgan fingerprint density at radius 1 is 1.42 bits per heavy atom. The Morgan fingerprint density at radius 3 is 2.69 bits per heavy atom. The minimum atomic E-state index is -0.776. The van der Waals surface area contributed by atoms with E-state index in [0.29, 0.717) is 12.3 Å². The molecule has 2 aromatic rings. The zero-order valence-electron chi connectivity index (χ0n) is 15.3. The Bertz CT molecular complexity index is 821. The molecule has 0 amide bonds. The van der Waals surface area contributed by atoms with Gasteiger partial charge in [-0.25, -0.2) is 9.97 Å². The normalized spacial score (nSPS) is 15.6. The number of rotatable bonds is 8. The van der Waals surface area contributed by atoms with E-state index in [4.69, 9.17) is 5.73 Å². The molecule has 5 nitrogen and oxygen atoms in total. The number of carbonyl (C=O) groups excluding carboxylic acids is 1. The third-order valence-corrected chi connectivity index (χ3v) is 5.31. The molecule has 0 radical (unpaired) electrons. The van der Waals surface area contributed by atoms with Gasteiger partial charge >= 0.3 is 0 Å². The number of ketones is 1. The van der Waals surface area contributed by atoms with E-state index in [-0.39, 0.29) is 11.7 Å². The Hall–Kier alpha value is -2.60. The first-order chi connectivity index (χ1) is 12.4. The molecule has 0 unspecified atom stereocenters. The summed E-state index contributed by atoms with van der Waals surface area (Å²) in [7, 11) is 0. The average molecular weight is 369 g/mol. The maximum atomic E-state index is 12.8. The molecule has 0 saturated carbocycles. The number of nitrogens with zero attached hydrogens (tertiary/aromatic N) is 3. The van der Waals surface area contributed by atoms with Crippen LogP contribution >= 0.6 is 11.3 Å². The minimum Gasteiger partial charge on any atom is -0.388 e. The molecule has 136 valence electrons. The van der Waals surface area contributed by atoms with Gasteiger partial charge in [0.2, 0.25) is 0 Å². The van der Waals surface area contributed by atoms with Crippen LogP contribution in [-0.4, -0.2) is 21.6 Å². The summed E-state index contributed by atoms with van der Waals surface area (Å²) in [4.78, 5) is 26.5. The standard InChI is InChI=1S/C20H24N4OS/c1-5-7-17(18(25)8-6-2)20(4,24-14(3)21)19-9-15(12-26-19)16-10-22-13-23-11-16/h5-6,8-13,17H,1,7H2,2-4H3,(H2,21,24)/b8-6-/t17-,20-/m0/s1. The topological polar surface area (TPSA) is 81.2 Å². The summed E-state index contributed by atoms with van der Waals surface area (Å²) in [6.07, 6.45) is 10.6. The van der Waals surface area contributed by atoms with Gasteiger partial charge < -0.3 is 5.73 Å². The lowest BCUT2D eigenvalue weighted by atomic mass is 9.79. The Labute approximate surface area is 158 Å². The SMILES string of the molecule is C=CC[C@@H](C(=O)/C=C\C)[C@](C)(N=C(C)N)c1cc(-c2cncnc2)cs1. The average Bonchev–Trinajstić information content (AvgIpc) is 3.10. The van der Waals surface area contributed by atoms with Crippen molar-refractivity contribution >= 4 is 23.0 Å². The molecule has 0 fully saturated rings. The highest BCUT2D eigenvalue weighted by atomic mass is 32.1. The monoisotopic (exact) mass is 368 g/mol. The number of aromatic nitrogens is 2. The van der Waals surface area contributed by atoms with Crippen LogP contribution in [-0.2, 0) is 10.3 Å². The number of thiophene rings is 1. The molecule has 2 heterocycles. The van der Waals surface area contributed by atoms with E-state index in [0.717, 1.165) is 16.0 Å². The van der Waals surface area contributed by atoms with Gasteiger partial charge in [-0.3, -0.25) is 9.79 Å². The van der Waals surface area contributed by atoms with Crippen LogP contribution in [0.3, 0.4) is 0 Å². The van der Waals surface area contributed by atoms with Gasteiger partial charge in [0.25, 0.3) is 0 Å². The summed E-state index contributed by atoms with van der Waals surface area (Å²) in [6, 6.07) is 2.04. The number of nitrogens with two attached hydrogens (primary N) is 1. The summed E-state index contributed by atoms with van der Waals surface area (Å²) in [6.45, 7) is 9.34. The fourth-order valence-electron chi connectivity index (χ4n) is 2.94. The first-order valence-corrected chi connectivity index (χ1v) is 9.24. The van der Waals surface area contributed by atoms with Crippen molar-refractivity contribution in [3.05, 3.63) is 59.9 Å². The zero-order chi connectivity index (χ0) is 19.2. The van der Waals surface area contributed by atoms with Gasteiger partial charge in [-0.05, 0) is 50.3 Å². The summed E-state index contributed by atoms with van der Waals surface area (Å²) in [5.74, 6) is 0.0685. The van der Waals surface area contributed by atoms with E-state index in [1.54, 1.807) is 48.9 Å². The first-order valence-electron chi connectivity index (χ1n) is 8.36. The highest BCUT2D eigenvalue weighted by Gasteiger charge is 2.40. The van der Waals surface area contributed by atoms with Crippen molar-refractivity contribution in [1.82, 2.24) is 9.97 Å². The van der Waals surface area contributed by atoms with Gasteiger partial charge in [-0.2, -0.15) is 0 Å². The summed E-state index contributed by atoms with van der Waals surface area (Å²) >= 11 is 1.55. The van der Waals surface area contributed by atoms with Gasteiger partial charge in [-0.15, -0.1) is 17.9 Å². The minimum absolute atomic E-state index is 0.0119. The predicted octanol–water partition coefficient (Wildman–Crippen LogP) is 4.13. The molecule has 0 spiro atoms. The van der Waals surface area contributed by atoms with Crippen molar-refractivity contribution in [2.75, 3.05) is 0 Å². The number of hydrogen-bond donors (Lipinski definition) is 1. The molecule has 6 heteroatoms. The van der Waals surface area contributed by atoms with Crippen LogP contribution in [0.1, 0.15) is 32.1 Å². The maximum Gasteiger partial charge on any atom is 0.161 e. The van der Waals surface area contributed by atoms with Crippen molar-refractivity contribution < 1.29 is 4.79 Å². The number of hydrogen-bond acceptors (Lipinski definition) is 5. The number of carbonyl (C=O) groups is 1. The van der Waals surface area contributed by atoms with Crippen molar-refractivity contribution in [2.24, 2.45) is 16.6 Å². The lowest BCUT2D eigenvalue weighted by molar-refractivity contribution is -0.120. The molecule has 0 aliphatic heterocycles. The van der Waals surface area contributed by atoms with Crippen molar-refractivity contribution in [2.45, 2.75) is 32.7 Å². The van der Waals surface area contributed by atoms with Crippen LogP contribution in [0, 0.1) is 5.92 Å². The smallest absolute Gasteiger partial charge is 0.161 e. The summed E-state index contributed by atoms with van der Waals surface area (Å²) in [5.41, 5.74) is 7.07. The summed E-state index contributed by atoms with van der Waals surface area (Å²) < 4.78 is 0. The predicted molar refractivity (Wildman–Crippen MR) is 108 cm³/mol. The van der Waals surface area contributed by atoms with Gasteiger partial charge in [0.05, 0.1) is 11.8 Å². The first kappa shape index (κ1) is 19.7. The highest BCUT2D eigenvalue weighted by Crippen LogP contribution is 2.42. The molecule has 2 aromatic heterocycles. The van der Waals surface area contributed by atoms with Crippen molar-refractivity contribution in [3.63, 3.8) is 0 Å². The highest BCUT2D eigenvalue weighted by molar-refractivity contribution is 7.10. The van der Waals surface area contributed by atoms with Crippen LogP contribution in [0.15, 0.2) is 60.0 Å². The van der Waals surface area contributed by atoms with E-state index < -0.39 is 5.54 Å². The van der Waals surface area contributed by atoms with Crippen LogP contribution in [0.25, 0.3) is 11.1 Å². The second-order valence-corrected chi connectivity index (χ2v) is 7.12. The maximum absolute atomic E-state index is 12.8. The fourth-order valence-corrected chi connectivity index (χ4v) is 4.02. The summed E-state index contributed by atoms with van der Waals surface area (Å²) in [5, 5.41) is 2.03. The van der Waals surface area contributed by atoms with Gasteiger partial charge in [0.15, 0.2) is 5.78 Å². The third kappa shape index (κ3) is 4.32.